The van der Waals surface area contributed by atoms with Gasteiger partial charge in [0.1, 0.15) is 22.7 Å². The normalized spacial score (nSPS) is 30.5. The number of aliphatic hydroxyl groups excluding tert-OH is 1. The van der Waals surface area contributed by atoms with Crippen molar-refractivity contribution < 1.29 is 74.2 Å². The van der Waals surface area contributed by atoms with E-state index in [1.54, 1.807) is 38.2 Å². The Morgan fingerprint density at radius 2 is 1.26 bits per heavy atom. The van der Waals surface area contributed by atoms with E-state index in [0.29, 0.717) is 30.6 Å². The molecule has 0 unspecified atom stereocenters. The van der Waals surface area contributed by atoms with Crippen molar-refractivity contribution in [3.63, 3.8) is 0 Å². The van der Waals surface area contributed by atoms with Gasteiger partial charge in [-0.05, 0) is 120 Å². The molecule has 2 amide bonds. The number of benzene rings is 2. The van der Waals surface area contributed by atoms with Gasteiger partial charge in [0.05, 0.1) is 46.4 Å². The number of amides is 2. The summed E-state index contributed by atoms with van der Waals surface area (Å²) in [5, 5.41) is 12.0. The van der Waals surface area contributed by atoms with Crippen molar-refractivity contribution in [1.82, 2.24) is 9.80 Å². The Morgan fingerprint density at radius 1 is 0.771 bits per heavy atom. The number of methoxy groups -OCH3 is 4. The van der Waals surface area contributed by atoms with Crippen LogP contribution in [0.4, 0.5) is 0 Å². The topological polar surface area (TPSA) is 167 Å². The van der Waals surface area contributed by atoms with Crippen LogP contribution in [0.15, 0.2) is 72.8 Å². The number of allylic oxidation sites excluding steroid dienone is 3. The van der Waals surface area contributed by atoms with Gasteiger partial charge < -0.3 is 42.7 Å². The van der Waals surface area contributed by atoms with Crippen LogP contribution >= 0.6 is 9.69 Å². The molecule has 0 bridgehead atoms. The molecule has 2 aliphatic carbocycles. The van der Waals surface area contributed by atoms with Crippen LogP contribution in [-0.4, -0.2) is 118 Å². The molecule has 380 valence electrons. The second-order valence-electron chi connectivity index (χ2n) is 20.4. The Balaban J connectivity index is 0.000000228. The minimum absolute atomic E-state index is 0.105. The van der Waals surface area contributed by atoms with Gasteiger partial charge in [-0.25, -0.2) is 28.2 Å². The van der Waals surface area contributed by atoms with E-state index in [1.807, 2.05) is 68.6 Å². The number of hydrogen-bond acceptors (Lipinski definition) is 12. The number of rotatable bonds is 11. The molecule has 4 fully saturated rings. The fraction of sp³-hybridized carbons (Fsp3) is 0.577. The van der Waals surface area contributed by atoms with E-state index in [2.05, 4.69) is 31.7 Å². The first kappa shape index (κ1) is 57.1. The predicted octanol–water partition coefficient (Wildman–Crippen LogP) is 8.43. The molecular weight excluding hydrogens is 1000 g/mol. The number of hydrogen-bond donors (Lipinski definition) is 1. The van der Waals surface area contributed by atoms with Crippen LogP contribution in [0.2, 0.25) is 38.3 Å². The molecule has 4 heterocycles. The zero-order valence-electron chi connectivity index (χ0n) is 42.8. The third-order valence-corrected chi connectivity index (χ3v) is 20.1. The van der Waals surface area contributed by atoms with Gasteiger partial charge in [0.2, 0.25) is 17.4 Å². The zero-order chi connectivity index (χ0) is 51.7. The third kappa shape index (κ3) is 10.9. The van der Waals surface area contributed by atoms with Gasteiger partial charge in [0.25, 0.3) is 0 Å². The second-order valence-corrected chi connectivity index (χ2v) is 28.8. The molecule has 0 spiro atoms. The third-order valence-electron chi connectivity index (χ3n) is 15.2. The maximum atomic E-state index is 14.0. The summed E-state index contributed by atoms with van der Waals surface area (Å²) >= 11 is 0.847. The molecule has 1 N–H and O–H groups in total. The van der Waals surface area contributed by atoms with Crippen LogP contribution in [0.25, 0.3) is 0 Å². The maximum absolute atomic E-state index is 14.0. The molecule has 14 nitrogen and oxygen atoms in total. The molecule has 2 aromatic rings. The molecule has 0 saturated carbocycles. The number of aliphatic hydroxyl groups is 1. The zero-order valence-corrected chi connectivity index (χ0v) is 48.5. The van der Waals surface area contributed by atoms with Crippen molar-refractivity contribution >= 4 is 56.4 Å². The van der Waals surface area contributed by atoms with E-state index in [0.717, 1.165) is 59.8 Å². The van der Waals surface area contributed by atoms with Crippen molar-refractivity contribution in [2.75, 3.05) is 28.4 Å². The van der Waals surface area contributed by atoms with Crippen molar-refractivity contribution in [2.45, 2.75) is 145 Å². The molecule has 8 rings (SSSR count). The molecule has 2 aromatic carbocycles. The van der Waals surface area contributed by atoms with Gasteiger partial charge >= 0.3 is 38.9 Å². The number of nitrogens with zero attached hydrogens (tertiary/aromatic N) is 2. The molecular formula is C52H73ClN2O12Si2Zn. The van der Waals surface area contributed by atoms with Gasteiger partial charge in [-0.2, -0.15) is 0 Å². The van der Waals surface area contributed by atoms with E-state index in [9.17, 15) is 29.1 Å². The number of ether oxygens (including phenoxy) is 4. The molecule has 4 aliphatic heterocycles. The predicted molar refractivity (Wildman–Crippen MR) is 268 cm³/mol. The van der Waals surface area contributed by atoms with Crippen LogP contribution in [0, 0.1) is 24.2 Å². The fourth-order valence-corrected chi connectivity index (χ4v) is 16.7. The van der Waals surface area contributed by atoms with Crippen LogP contribution < -0.4 is 9.47 Å². The summed E-state index contributed by atoms with van der Waals surface area (Å²) in [5.41, 5.74) is -4.29. The standard InChI is InChI=1S/C26H37NO6Si.C20H27NO6Si.C6H9.ClH.Zn/c1-25-21(15-16-34(4,5)33-25)23(29)27(17-18-11-13-20(31-2)14-12-18)26(25,24(30)32-3)22(28)19-9-7-6-8-10-19;1-19-16(10-11-28(4,5)27-19)17(23)21(20(19,13-22)18(24)26-3)12-14-6-8-15(25-2)9-7-14;1-2-4-6-5-3-1;;/h7,9,11-14,19,21-22,28H,6,8,10,15-17H2,1-5H3;6-9,13,16H,10-12H2,1-5H3;1-3H,4-6H2;1H;/q;;-1;;+2/p-1/t19-,21+,22+,25+,26+;16-,19-,20+;;;/m10.../s1. The first-order valence-corrected chi connectivity index (χ1v) is 34.4. The first-order chi connectivity index (χ1) is 33.2. The SMILES string of the molecule is C1=CCCC[CH-]1.COC(=O)[C@@]1(C=O)N(Cc2ccc(OC)cc2)C(=O)[C@@H]2CC[Si](C)(C)O[C@@]21C.COC(=O)[C@]1([C@@H](O)[C@@H]2C=CCCC2)N(Cc2ccc(OC)cc2)C(=O)[C@@H]2CC[Si](C)(C)O[C@@]21C.[Cl][Zn+]. The summed E-state index contributed by atoms with van der Waals surface area (Å²) in [5.74, 6) is -1.75. The van der Waals surface area contributed by atoms with Crippen LogP contribution in [0.1, 0.15) is 76.3 Å². The number of fused-ring (bicyclic) bond motifs is 2. The summed E-state index contributed by atoms with van der Waals surface area (Å²) in [7, 11) is 6.16. The molecule has 6 aliphatic rings. The van der Waals surface area contributed by atoms with Gasteiger partial charge in [-0.1, -0.05) is 42.8 Å². The van der Waals surface area contributed by atoms with Gasteiger partial charge in [0, 0.05) is 19.0 Å². The summed E-state index contributed by atoms with van der Waals surface area (Å²) < 4.78 is 34.0. The summed E-state index contributed by atoms with van der Waals surface area (Å²) in [6, 6.07) is 16.2. The monoisotopic (exact) mass is 1070 g/mol. The van der Waals surface area contributed by atoms with Gasteiger partial charge in [-0.15, -0.1) is 12.8 Å². The fourth-order valence-electron chi connectivity index (χ4n) is 11.6. The average molecular weight is 1080 g/mol. The van der Waals surface area contributed by atoms with Crippen molar-refractivity contribution in [1.29, 1.82) is 0 Å². The van der Waals surface area contributed by atoms with Crippen molar-refractivity contribution in [2.24, 2.45) is 17.8 Å². The molecule has 0 radical (unpaired) electrons. The molecule has 8 atom stereocenters. The number of halogens is 1. The number of carbonyl (C=O) groups excluding carboxylic acids is 5. The van der Waals surface area contributed by atoms with E-state index < -0.39 is 68.8 Å². The Labute approximate surface area is 431 Å². The van der Waals surface area contributed by atoms with Crippen molar-refractivity contribution in [3.05, 3.63) is 90.4 Å². The molecule has 4 saturated heterocycles. The Kier molecular flexibility index (Phi) is 19.4. The Bertz CT molecular complexity index is 2210. The Hall–Kier alpha value is -3.83. The summed E-state index contributed by atoms with van der Waals surface area (Å²) in [6.07, 6.45) is 17.8. The quantitative estimate of drug-likeness (QED) is 0.0571. The van der Waals surface area contributed by atoms with Crippen LogP contribution in [0.3, 0.4) is 0 Å². The second kappa shape index (κ2) is 23.8. The number of aldehydes is 1. The Morgan fingerprint density at radius 3 is 1.67 bits per heavy atom. The average Bonchev–Trinajstić information content (AvgIpc) is 3.67. The number of esters is 2. The van der Waals surface area contributed by atoms with E-state index in [-0.39, 0.29) is 30.8 Å². The molecule has 0 aromatic heterocycles. The van der Waals surface area contributed by atoms with Crippen molar-refractivity contribution in [3.8, 4) is 11.5 Å². The minimum atomic E-state index is -2.19. The van der Waals surface area contributed by atoms with Crippen LogP contribution in [-0.2, 0) is 72.7 Å². The van der Waals surface area contributed by atoms with Crippen LogP contribution in [0.5, 0.6) is 11.5 Å². The number of likely N-dealkylation sites (tertiary alicyclic amines) is 2. The summed E-state index contributed by atoms with van der Waals surface area (Å²) in [6.45, 7) is 12.1. The first-order valence-electron chi connectivity index (χ1n) is 24.3. The van der Waals surface area contributed by atoms with E-state index in [4.69, 9.17) is 37.5 Å². The van der Waals surface area contributed by atoms with E-state index in [1.165, 1.54) is 38.4 Å². The van der Waals surface area contributed by atoms with E-state index >= 15 is 0 Å². The van der Waals surface area contributed by atoms with Gasteiger partial charge in [-0.3, -0.25) is 14.4 Å². The molecule has 18 heteroatoms. The summed E-state index contributed by atoms with van der Waals surface area (Å²) in [4.78, 5) is 69.5. The van der Waals surface area contributed by atoms with Gasteiger partial charge in [0.15, 0.2) is 28.5 Å². The molecule has 70 heavy (non-hydrogen) atoms. The number of carbonyl (C=O) groups is 5.